The fourth-order valence-corrected chi connectivity index (χ4v) is 1.18. The highest BCUT2D eigenvalue weighted by Gasteiger charge is 1.92. The van der Waals surface area contributed by atoms with Gasteiger partial charge in [0.1, 0.15) is 0 Å². The quantitative estimate of drug-likeness (QED) is 0.566. The number of thioether (sulfide) groups is 1. The lowest BCUT2D eigenvalue weighted by Crippen LogP contribution is -2.26. The van der Waals surface area contributed by atoms with Crippen LogP contribution in [0.4, 0.5) is 0 Å². The van der Waals surface area contributed by atoms with E-state index in [2.05, 4.69) is 12.2 Å². The van der Waals surface area contributed by atoms with E-state index in [-0.39, 0.29) is 6.10 Å². The first-order valence-electron chi connectivity index (χ1n) is 3.74. The van der Waals surface area contributed by atoms with Crippen molar-refractivity contribution in [1.82, 2.24) is 5.32 Å². The molecule has 0 saturated carbocycles. The predicted octanol–water partition coefficient (Wildman–Crippen LogP) is 0.710. The standard InChI is InChI=1S/C7H17NOS/c1-3-10-5-4-8-6-7(2)9/h7-9H,3-6H2,1-2H3/t7-/m1/s1. The molecule has 2 N–H and O–H groups in total. The Balaban J connectivity index is 2.77. The summed E-state index contributed by atoms with van der Waals surface area (Å²) >= 11 is 1.92. The molecule has 3 heteroatoms. The summed E-state index contributed by atoms with van der Waals surface area (Å²) in [5.74, 6) is 2.32. The molecule has 0 bridgehead atoms. The highest BCUT2D eigenvalue weighted by Crippen LogP contribution is 1.94. The van der Waals surface area contributed by atoms with Crippen LogP contribution in [-0.2, 0) is 0 Å². The Bertz CT molecular complexity index is 68.6. The largest absolute Gasteiger partial charge is 0.392 e. The maximum Gasteiger partial charge on any atom is 0.0636 e. The van der Waals surface area contributed by atoms with Crippen molar-refractivity contribution in [3.63, 3.8) is 0 Å². The van der Waals surface area contributed by atoms with Gasteiger partial charge < -0.3 is 10.4 Å². The predicted molar refractivity (Wildman–Crippen MR) is 47.5 cm³/mol. The van der Waals surface area contributed by atoms with Crippen LogP contribution in [0.5, 0.6) is 0 Å². The third-order valence-corrected chi connectivity index (χ3v) is 1.97. The summed E-state index contributed by atoms with van der Waals surface area (Å²) in [5, 5.41) is 12.0. The second-order valence-electron chi connectivity index (χ2n) is 2.25. The van der Waals surface area contributed by atoms with E-state index in [1.54, 1.807) is 6.92 Å². The topological polar surface area (TPSA) is 32.3 Å². The molecule has 0 aromatic carbocycles. The summed E-state index contributed by atoms with van der Waals surface area (Å²) < 4.78 is 0. The summed E-state index contributed by atoms with van der Waals surface area (Å²) in [4.78, 5) is 0. The van der Waals surface area contributed by atoms with E-state index >= 15 is 0 Å². The van der Waals surface area contributed by atoms with Crippen molar-refractivity contribution < 1.29 is 5.11 Å². The van der Waals surface area contributed by atoms with Gasteiger partial charge in [0.05, 0.1) is 6.10 Å². The van der Waals surface area contributed by atoms with Gasteiger partial charge in [0.15, 0.2) is 0 Å². The normalized spacial score (nSPS) is 13.5. The van der Waals surface area contributed by atoms with E-state index in [1.165, 1.54) is 5.75 Å². The van der Waals surface area contributed by atoms with Crippen LogP contribution in [0.2, 0.25) is 0 Å². The molecule has 2 nitrogen and oxygen atoms in total. The SMILES string of the molecule is CCSCCNC[C@@H](C)O. The fraction of sp³-hybridized carbons (Fsp3) is 1.00. The van der Waals surface area contributed by atoms with Crippen LogP contribution in [0.3, 0.4) is 0 Å². The molecule has 10 heavy (non-hydrogen) atoms. The number of rotatable bonds is 6. The van der Waals surface area contributed by atoms with Crippen LogP contribution in [-0.4, -0.2) is 35.8 Å². The molecule has 0 aromatic heterocycles. The average Bonchev–Trinajstić information content (AvgIpc) is 1.87. The van der Waals surface area contributed by atoms with E-state index in [0.717, 1.165) is 12.3 Å². The van der Waals surface area contributed by atoms with Crippen LogP contribution in [0, 0.1) is 0 Å². The molecular formula is C7H17NOS. The minimum Gasteiger partial charge on any atom is -0.392 e. The van der Waals surface area contributed by atoms with Gasteiger partial charge in [0.2, 0.25) is 0 Å². The Labute approximate surface area is 67.4 Å². The lowest BCUT2D eigenvalue weighted by molar-refractivity contribution is 0.192. The first-order chi connectivity index (χ1) is 4.77. The third-order valence-electron chi connectivity index (χ3n) is 1.07. The van der Waals surface area contributed by atoms with E-state index in [0.29, 0.717) is 6.54 Å². The monoisotopic (exact) mass is 163 g/mol. The molecule has 0 heterocycles. The highest BCUT2D eigenvalue weighted by molar-refractivity contribution is 7.99. The molecule has 0 fully saturated rings. The number of aliphatic hydroxyl groups is 1. The molecule has 0 unspecified atom stereocenters. The first-order valence-corrected chi connectivity index (χ1v) is 4.89. The second-order valence-corrected chi connectivity index (χ2v) is 3.64. The van der Waals surface area contributed by atoms with Gasteiger partial charge in [0, 0.05) is 18.8 Å². The highest BCUT2D eigenvalue weighted by atomic mass is 32.2. The van der Waals surface area contributed by atoms with E-state index < -0.39 is 0 Å². The smallest absolute Gasteiger partial charge is 0.0636 e. The van der Waals surface area contributed by atoms with Crippen LogP contribution >= 0.6 is 11.8 Å². The molecule has 1 atom stereocenters. The van der Waals surface area contributed by atoms with Crippen molar-refractivity contribution in [1.29, 1.82) is 0 Å². The van der Waals surface area contributed by atoms with E-state index in [9.17, 15) is 0 Å². The van der Waals surface area contributed by atoms with Crippen LogP contribution < -0.4 is 5.32 Å². The molecule has 0 rings (SSSR count). The first kappa shape index (κ1) is 10.3. The van der Waals surface area contributed by atoms with Gasteiger partial charge >= 0.3 is 0 Å². The van der Waals surface area contributed by atoms with Gasteiger partial charge in [-0.1, -0.05) is 6.92 Å². The third kappa shape index (κ3) is 8.27. The van der Waals surface area contributed by atoms with Gasteiger partial charge in [-0.05, 0) is 12.7 Å². The molecular weight excluding hydrogens is 146 g/mol. The molecule has 0 spiro atoms. The molecule has 0 saturated heterocycles. The summed E-state index contributed by atoms with van der Waals surface area (Å²) in [6.07, 6.45) is -0.216. The van der Waals surface area contributed by atoms with Gasteiger partial charge in [-0.2, -0.15) is 11.8 Å². The van der Waals surface area contributed by atoms with Crippen molar-refractivity contribution in [2.24, 2.45) is 0 Å². The molecule has 0 aromatic rings. The summed E-state index contributed by atoms with van der Waals surface area (Å²) in [6.45, 7) is 5.66. The molecule has 0 aliphatic rings. The van der Waals surface area contributed by atoms with Gasteiger partial charge in [0.25, 0.3) is 0 Å². The second kappa shape index (κ2) is 7.38. The Morgan fingerprint density at radius 1 is 1.60 bits per heavy atom. The molecule has 0 radical (unpaired) electrons. The van der Waals surface area contributed by atoms with Crippen molar-refractivity contribution in [2.75, 3.05) is 24.6 Å². The zero-order chi connectivity index (χ0) is 7.82. The summed E-state index contributed by atoms with van der Waals surface area (Å²) in [6, 6.07) is 0. The maximum absolute atomic E-state index is 8.84. The number of aliphatic hydroxyl groups excluding tert-OH is 1. The molecule has 0 amide bonds. The van der Waals surface area contributed by atoms with Crippen LogP contribution in [0.1, 0.15) is 13.8 Å². The summed E-state index contributed by atoms with van der Waals surface area (Å²) in [5.41, 5.74) is 0. The minimum absolute atomic E-state index is 0.216. The molecule has 62 valence electrons. The molecule has 0 aliphatic heterocycles. The number of hydrogen-bond acceptors (Lipinski definition) is 3. The molecule has 0 aliphatic carbocycles. The van der Waals surface area contributed by atoms with Crippen molar-refractivity contribution in [2.45, 2.75) is 20.0 Å². The number of hydrogen-bond donors (Lipinski definition) is 2. The Morgan fingerprint density at radius 2 is 2.30 bits per heavy atom. The Kier molecular flexibility index (Phi) is 7.58. The van der Waals surface area contributed by atoms with E-state index in [4.69, 9.17) is 5.11 Å². The minimum atomic E-state index is -0.216. The lowest BCUT2D eigenvalue weighted by atomic mass is 10.4. The summed E-state index contributed by atoms with van der Waals surface area (Å²) in [7, 11) is 0. The van der Waals surface area contributed by atoms with Crippen molar-refractivity contribution in [3.8, 4) is 0 Å². The van der Waals surface area contributed by atoms with Gasteiger partial charge in [-0.3, -0.25) is 0 Å². The maximum atomic E-state index is 8.84. The zero-order valence-electron chi connectivity index (χ0n) is 6.76. The fourth-order valence-electron chi connectivity index (χ4n) is 0.600. The van der Waals surface area contributed by atoms with Crippen LogP contribution in [0.15, 0.2) is 0 Å². The van der Waals surface area contributed by atoms with Crippen molar-refractivity contribution >= 4 is 11.8 Å². The zero-order valence-corrected chi connectivity index (χ0v) is 7.58. The van der Waals surface area contributed by atoms with Crippen molar-refractivity contribution in [3.05, 3.63) is 0 Å². The van der Waals surface area contributed by atoms with Gasteiger partial charge in [-0.25, -0.2) is 0 Å². The average molecular weight is 163 g/mol. The Morgan fingerprint density at radius 3 is 2.80 bits per heavy atom. The van der Waals surface area contributed by atoms with Gasteiger partial charge in [-0.15, -0.1) is 0 Å². The lowest BCUT2D eigenvalue weighted by Gasteiger charge is -2.05. The number of nitrogens with one attached hydrogen (secondary N) is 1. The Hall–Kier alpha value is 0.270. The van der Waals surface area contributed by atoms with E-state index in [1.807, 2.05) is 11.8 Å². The van der Waals surface area contributed by atoms with Crippen LogP contribution in [0.25, 0.3) is 0 Å².